The highest BCUT2D eigenvalue weighted by atomic mass is 16.3. The van der Waals surface area contributed by atoms with Crippen LogP contribution in [0.15, 0.2) is 35.3 Å². The van der Waals surface area contributed by atoms with Crippen molar-refractivity contribution in [3.05, 3.63) is 46.5 Å². The van der Waals surface area contributed by atoms with Gasteiger partial charge in [0.15, 0.2) is 0 Å². The summed E-state index contributed by atoms with van der Waals surface area (Å²) in [5, 5.41) is 9.63. The van der Waals surface area contributed by atoms with Crippen LogP contribution in [0.4, 0.5) is 0 Å². The molecule has 3 heterocycles. The maximum absolute atomic E-state index is 12.1. The zero-order chi connectivity index (χ0) is 14.8. The first kappa shape index (κ1) is 14.2. The van der Waals surface area contributed by atoms with Gasteiger partial charge < -0.3 is 5.11 Å². The number of aliphatic hydroxyl groups excluding tert-OH is 1. The molecule has 0 amide bonds. The summed E-state index contributed by atoms with van der Waals surface area (Å²) in [4.78, 5) is 18.9. The first-order chi connectivity index (χ1) is 10.1. The Morgan fingerprint density at radius 3 is 2.86 bits per heavy atom. The van der Waals surface area contributed by atoms with E-state index < -0.39 is 0 Å². The molecule has 1 aliphatic heterocycles. The van der Waals surface area contributed by atoms with Gasteiger partial charge in [-0.2, -0.15) is 0 Å². The second-order valence-corrected chi connectivity index (χ2v) is 5.87. The molecule has 1 atom stereocenters. The van der Waals surface area contributed by atoms with Crippen molar-refractivity contribution in [1.82, 2.24) is 14.3 Å². The van der Waals surface area contributed by atoms with E-state index in [-0.39, 0.29) is 11.7 Å². The topological polar surface area (TPSA) is 57.8 Å². The molecule has 1 aliphatic rings. The molecule has 0 saturated carbocycles. The standard InChI is InChI=1S/C16H21N3O2/c1-12(20)13-5-8-18(9-6-13)11-14-10-16(21)19-7-3-2-4-15(19)17-14/h2-4,7,10,12-13,20H,5-6,8-9,11H2,1H3. The van der Waals surface area contributed by atoms with E-state index >= 15 is 0 Å². The summed E-state index contributed by atoms with van der Waals surface area (Å²) in [7, 11) is 0. The highest BCUT2D eigenvalue weighted by Gasteiger charge is 2.22. The average molecular weight is 287 g/mol. The Morgan fingerprint density at radius 1 is 1.38 bits per heavy atom. The van der Waals surface area contributed by atoms with Crippen molar-refractivity contribution in [2.45, 2.75) is 32.4 Å². The molecule has 2 aromatic rings. The van der Waals surface area contributed by atoms with Crippen LogP contribution in [0.5, 0.6) is 0 Å². The molecule has 3 rings (SSSR count). The van der Waals surface area contributed by atoms with Gasteiger partial charge in [-0.25, -0.2) is 4.98 Å². The predicted octanol–water partition coefficient (Wildman–Crippen LogP) is 1.29. The van der Waals surface area contributed by atoms with E-state index in [9.17, 15) is 9.90 Å². The molecule has 0 aliphatic carbocycles. The summed E-state index contributed by atoms with van der Waals surface area (Å²) < 4.78 is 1.56. The average Bonchev–Trinajstić information content (AvgIpc) is 2.48. The largest absolute Gasteiger partial charge is 0.393 e. The van der Waals surface area contributed by atoms with Crippen LogP contribution >= 0.6 is 0 Å². The van der Waals surface area contributed by atoms with Crippen molar-refractivity contribution >= 4 is 5.65 Å². The van der Waals surface area contributed by atoms with E-state index in [0.717, 1.165) is 31.6 Å². The van der Waals surface area contributed by atoms with Crippen LogP contribution in [-0.4, -0.2) is 38.6 Å². The fraction of sp³-hybridized carbons (Fsp3) is 0.500. The molecule has 1 N–H and O–H groups in total. The van der Waals surface area contributed by atoms with Crippen molar-refractivity contribution < 1.29 is 5.11 Å². The van der Waals surface area contributed by atoms with Crippen molar-refractivity contribution in [1.29, 1.82) is 0 Å². The van der Waals surface area contributed by atoms with Gasteiger partial charge in [-0.1, -0.05) is 6.07 Å². The number of piperidine rings is 1. The molecule has 2 aromatic heterocycles. The number of pyridine rings is 1. The molecule has 0 spiro atoms. The molecule has 5 nitrogen and oxygen atoms in total. The fourth-order valence-corrected chi connectivity index (χ4v) is 3.01. The second-order valence-electron chi connectivity index (χ2n) is 5.87. The third-order valence-corrected chi connectivity index (χ3v) is 4.32. The Hall–Kier alpha value is -1.72. The first-order valence-corrected chi connectivity index (χ1v) is 7.51. The van der Waals surface area contributed by atoms with Gasteiger partial charge in [0.05, 0.1) is 11.8 Å². The van der Waals surface area contributed by atoms with Crippen molar-refractivity contribution in [3.8, 4) is 0 Å². The minimum absolute atomic E-state index is 0.0329. The summed E-state index contributed by atoms with van der Waals surface area (Å²) in [6.45, 7) is 4.47. The Morgan fingerprint density at radius 2 is 2.14 bits per heavy atom. The van der Waals surface area contributed by atoms with Crippen molar-refractivity contribution in [2.75, 3.05) is 13.1 Å². The van der Waals surface area contributed by atoms with Crippen molar-refractivity contribution in [2.24, 2.45) is 5.92 Å². The third-order valence-electron chi connectivity index (χ3n) is 4.32. The summed E-state index contributed by atoms with van der Waals surface area (Å²) in [5.41, 5.74) is 1.48. The molecule has 112 valence electrons. The molecule has 21 heavy (non-hydrogen) atoms. The molecular weight excluding hydrogens is 266 g/mol. The normalized spacial score (nSPS) is 19.0. The number of rotatable bonds is 3. The number of hydrogen-bond donors (Lipinski definition) is 1. The van der Waals surface area contributed by atoms with Crippen LogP contribution in [0.1, 0.15) is 25.5 Å². The monoisotopic (exact) mass is 287 g/mol. The SMILES string of the molecule is CC(O)C1CCN(Cc2cc(=O)n3ccccc3n2)CC1. The lowest BCUT2D eigenvalue weighted by molar-refractivity contribution is 0.0691. The molecule has 5 heteroatoms. The molecule has 1 saturated heterocycles. The quantitative estimate of drug-likeness (QED) is 0.924. The smallest absolute Gasteiger partial charge is 0.258 e. The first-order valence-electron chi connectivity index (χ1n) is 7.51. The highest BCUT2D eigenvalue weighted by molar-refractivity contribution is 5.37. The fourth-order valence-electron chi connectivity index (χ4n) is 3.01. The van der Waals surface area contributed by atoms with Crippen LogP contribution in [0.2, 0.25) is 0 Å². The zero-order valence-electron chi connectivity index (χ0n) is 12.3. The van der Waals surface area contributed by atoms with Gasteiger partial charge in [-0.05, 0) is 50.9 Å². The van der Waals surface area contributed by atoms with E-state index in [1.807, 2.05) is 25.1 Å². The van der Waals surface area contributed by atoms with Crippen LogP contribution in [-0.2, 0) is 6.54 Å². The summed E-state index contributed by atoms with van der Waals surface area (Å²) in [5.74, 6) is 0.399. The molecule has 1 unspecified atom stereocenters. The minimum Gasteiger partial charge on any atom is -0.393 e. The van der Waals surface area contributed by atoms with E-state index in [2.05, 4.69) is 9.88 Å². The highest BCUT2D eigenvalue weighted by Crippen LogP contribution is 2.21. The van der Waals surface area contributed by atoms with Gasteiger partial charge in [-0.3, -0.25) is 14.1 Å². The zero-order valence-corrected chi connectivity index (χ0v) is 12.3. The number of aromatic nitrogens is 2. The number of nitrogens with zero attached hydrogens (tertiary/aromatic N) is 3. The number of hydrogen-bond acceptors (Lipinski definition) is 4. The van der Waals surface area contributed by atoms with Gasteiger partial charge >= 0.3 is 0 Å². The van der Waals surface area contributed by atoms with Crippen LogP contribution in [0.25, 0.3) is 5.65 Å². The second kappa shape index (κ2) is 5.95. The van der Waals surface area contributed by atoms with Gasteiger partial charge in [0.2, 0.25) is 0 Å². The van der Waals surface area contributed by atoms with E-state index in [1.165, 1.54) is 0 Å². The van der Waals surface area contributed by atoms with Crippen LogP contribution in [0, 0.1) is 5.92 Å². The van der Waals surface area contributed by atoms with Gasteiger partial charge in [0.1, 0.15) is 5.65 Å². The molecular formula is C16H21N3O2. The maximum Gasteiger partial charge on any atom is 0.258 e. The third kappa shape index (κ3) is 3.14. The van der Waals surface area contributed by atoms with Crippen LogP contribution < -0.4 is 5.56 Å². The number of fused-ring (bicyclic) bond motifs is 1. The van der Waals surface area contributed by atoms with Gasteiger partial charge in [-0.15, -0.1) is 0 Å². The van der Waals surface area contributed by atoms with E-state index in [0.29, 0.717) is 18.1 Å². The Bertz CT molecular complexity index is 673. The summed E-state index contributed by atoms with van der Waals surface area (Å²) in [6, 6.07) is 7.19. The minimum atomic E-state index is -0.226. The van der Waals surface area contributed by atoms with Gasteiger partial charge in [0, 0.05) is 18.8 Å². The number of aliphatic hydroxyl groups is 1. The molecule has 0 radical (unpaired) electrons. The molecule has 0 aromatic carbocycles. The predicted molar refractivity (Wildman–Crippen MR) is 81.1 cm³/mol. The lowest BCUT2D eigenvalue weighted by Gasteiger charge is -2.32. The van der Waals surface area contributed by atoms with Gasteiger partial charge in [0.25, 0.3) is 5.56 Å². The molecule has 1 fully saturated rings. The Kier molecular flexibility index (Phi) is 4.03. The Balaban J connectivity index is 1.73. The van der Waals surface area contributed by atoms with Crippen LogP contribution in [0.3, 0.4) is 0 Å². The lowest BCUT2D eigenvalue weighted by atomic mass is 9.92. The molecule has 0 bridgehead atoms. The van der Waals surface area contributed by atoms with E-state index in [4.69, 9.17) is 0 Å². The van der Waals surface area contributed by atoms with E-state index in [1.54, 1.807) is 16.7 Å². The maximum atomic E-state index is 12.1. The lowest BCUT2D eigenvalue weighted by Crippen LogP contribution is -2.37. The summed E-state index contributed by atoms with van der Waals surface area (Å²) >= 11 is 0. The van der Waals surface area contributed by atoms with Crippen molar-refractivity contribution in [3.63, 3.8) is 0 Å². The summed E-state index contributed by atoms with van der Waals surface area (Å²) in [6.07, 6.45) is 3.52. The Labute approximate surface area is 123 Å². The number of likely N-dealkylation sites (tertiary alicyclic amines) is 1.